The standard InChI is InChI=1S/C10H11Cl2N3O/c11-9-4-8(13-10(12)14-9)7-2-1-3-15(5-7)6-16/h4,6-7H,1-3,5H2. The van der Waals surface area contributed by atoms with Crippen molar-refractivity contribution in [2.24, 2.45) is 0 Å². The second kappa shape index (κ2) is 4.97. The predicted molar refractivity (Wildman–Crippen MR) is 61.7 cm³/mol. The summed E-state index contributed by atoms with van der Waals surface area (Å²) in [5.74, 6) is 0.206. The summed E-state index contributed by atoms with van der Waals surface area (Å²) in [6, 6.07) is 1.71. The van der Waals surface area contributed by atoms with Gasteiger partial charge < -0.3 is 4.90 Å². The van der Waals surface area contributed by atoms with Gasteiger partial charge in [-0.15, -0.1) is 0 Å². The lowest BCUT2D eigenvalue weighted by Crippen LogP contribution is -2.33. The summed E-state index contributed by atoms with van der Waals surface area (Å²) in [6.07, 6.45) is 2.84. The zero-order chi connectivity index (χ0) is 11.5. The van der Waals surface area contributed by atoms with Crippen molar-refractivity contribution in [2.75, 3.05) is 13.1 Å². The number of piperidine rings is 1. The fourth-order valence-electron chi connectivity index (χ4n) is 1.96. The van der Waals surface area contributed by atoms with E-state index in [1.165, 1.54) is 0 Å². The molecular formula is C10H11Cl2N3O. The van der Waals surface area contributed by atoms with Crippen LogP contribution in [0.1, 0.15) is 24.5 Å². The van der Waals surface area contributed by atoms with Crippen LogP contribution in [0.5, 0.6) is 0 Å². The van der Waals surface area contributed by atoms with E-state index in [0.29, 0.717) is 11.7 Å². The molecule has 16 heavy (non-hydrogen) atoms. The number of aromatic nitrogens is 2. The van der Waals surface area contributed by atoms with Crippen molar-refractivity contribution in [3.8, 4) is 0 Å². The molecule has 0 saturated carbocycles. The van der Waals surface area contributed by atoms with E-state index in [-0.39, 0.29) is 11.2 Å². The van der Waals surface area contributed by atoms with Crippen molar-refractivity contribution in [1.29, 1.82) is 0 Å². The lowest BCUT2D eigenvalue weighted by Gasteiger charge is -2.29. The van der Waals surface area contributed by atoms with E-state index in [0.717, 1.165) is 31.5 Å². The van der Waals surface area contributed by atoms with Crippen molar-refractivity contribution in [3.63, 3.8) is 0 Å². The third kappa shape index (κ3) is 2.62. The van der Waals surface area contributed by atoms with Crippen molar-refractivity contribution in [2.45, 2.75) is 18.8 Å². The van der Waals surface area contributed by atoms with E-state index in [2.05, 4.69) is 9.97 Å². The van der Waals surface area contributed by atoms with Gasteiger partial charge in [-0.25, -0.2) is 9.97 Å². The normalized spacial score (nSPS) is 20.9. The zero-order valence-electron chi connectivity index (χ0n) is 8.57. The molecule has 1 aromatic heterocycles. The zero-order valence-corrected chi connectivity index (χ0v) is 10.1. The van der Waals surface area contributed by atoms with Crippen LogP contribution in [0.4, 0.5) is 0 Å². The number of amides is 1. The third-order valence-corrected chi connectivity index (χ3v) is 3.07. The molecule has 0 aliphatic carbocycles. The van der Waals surface area contributed by atoms with Gasteiger partial charge in [0.15, 0.2) is 0 Å². The maximum absolute atomic E-state index is 10.7. The molecule has 2 rings (SSSR count). The Balaban J connectivity index is 2.19. The monoisotopic (exact) mass is 259 g/mol. The van der Waals surface area contributed by atoms with E-state index in [1.807, 2.05) is 0 Å². The summed E-state index contributed by atoms with van der Waals surface area (Å²) < 4.78 is 0. The molecule has 86 valence electrons. The summed E-state index contributed by atoms with van der Waals surface area (Å²) in [4.78, 5) is 20.4. The molecule has 1 amide bonds. The number of hydrogen-bond acceptors (Lipinski definition) is 3. The van der Waals surface area contributed by atoms with Gasteiger partial charge >= 0.3 is 0 Å². The molecule has 1 aliphatic rings. The van der Waals surface area contributed by atoms with Gasteiger partial charge in [-0.3, -0.25) is 4.79 Å². The molecular weight excluding hydrogens is 249 g/mol. The number of likely N-dealkylation sites (tertiary alicyclic amines) is 1. The number of nitrogens with zero attached hydrogens (tertiary/aromatic N) is 3. The lowest BCUT2D eigenvalue weighted by atomic mass is 9.95. The minimum absolute atomic E-state index is 0.158. The average molecular weight is 260 g/mol. The molecule has 1 aromatic rings. The Kier molecular flexibility index (Phi) is 3.61. The van der Waals surface area contributed by atoms with Gasteiger partial charge in [0.1, 0.15) is 5.15 Å². The highest BCUT2D eigenvalue weighted by Crippen LogP contribution is 2.26. The number of carbonyl (C=O) groups excluding carboxylic acids is 1. The summed E-state index contributed by atoms with van der Waals surface area (Å²) >= 11 is 11.6. The van der Waals surface area contributed by atoms with Gasteiger partial charge in [-0.1, -0.05) is 11.6 Å². The molecule has 0 spiro atoms. The molecule has 0 radical (unpaired) electrons. The first-order valence-corrected chi connectivity index (χ1v) is 5.84. The fourth-order valence-corrected chi connectivity index (χ4v) is 2.38. The summed E-state index contributed by atoms with van der Waals surface area (Å²) in [7, 11) is 0. The van der Waals surface area contributed by atoms with Crippen LogP contribution in [0.25, 0.3) is 0 Å². The minimum Gasteiger partial charge on any atom is -0.345 e. The molecule has 4 nitrogen and oxygen atoms in total. The molecule has 2 heterocycles. The predicted octanol–water partition coefficient (Wildman–Crippen LogP) is 2.12. The molecule has 1 saturated heterocycles. The van der Waals surface area contributed by atoms with Crippen LogP contribution in [-0.2, 0) is 4.79 Å². The van der Waals surface area contributed by atoms with E-state index in [4.69, 9.17) is 23.2 Å². The third-order valence-electron chi connectivity index (χ3n) is 2.71. The lowest BCUT2D eigenvalue weighted by molar-refractivity contribution is -0.119. The van der Waals surface area contributed by atoms with Crippen LogP contribution in [0.2, 0.25) is 10.4 Å². The second-order valence-corrected chi connectivity index (χ2v) is 4.55. The first-order valence-electron chi connectivity index (χ1n) is 5.08. The quantitative estimate of drug-likeness (QED) is 0.465. The Morgan fingerprint density at radius 2 is 2.25 bits per heavy atom. The Hall–Kier alpha value is -0.870. The van der Waals surface area contributed by atoms with Crippen LogP contribution < -0.4 is 0 Å². The maximum atomic E-state index is 10.7. The van der Waals surface area contributed by atoms with Crippen LogP contribution >= 0.6 is 23.2 Å². The number of carbonyl (C=O) groups is 1. The van der Waals surface area contributed by atoms with Gasteiger partial charge in [0.25, 0.3) is 0 Å². The van der Waals surface area contributed by atoms with Gasteiger partial charge in [0.2, 0.25) is 11.7 Å². The minimum atomic E-state index is 0.158. The van der Waals surface area contributed by atoms with Crippen molar-refractivity contribution >= 4 is 29.6 Å². The van der Waals surface area contributed by atoms with E-state index in [9.17, 15) is 4.79 Å². The van der Waals surface area contributed by atoms with Crippen LogP contribution in [-0.4, -0.2) is 34.4 Å². The van der Waals surface area contributed by atoms with Crippen molar-refractivity contribution in [1.82, 2.24) is 14.9 Å². The van der Waals surface area contributed by atoms with Crippen molar-refractivity contribution < 1.29 is 4.79 Å². The first-order chi connectivity index (χ1) is 7.69. The molecule has 0 aromatic carbocycles. The van der Waals surface area contributed by atoms with Crippen molar-refractivity contribution in [3.05, 3.63) is 22.2 Å². The average Bonchev–Trinajstić information content (AvgIpc) is 2.28. The largest absolute Gasteiger partial charge is 0.345 e. The van der Waals surface area contributed by atoms with Gasteiger partial charge in [0.05, 0.1) is 5.69 Å². The number of halogens is 2. The molecule has 1 unspecified atom stereocenters. The van der Waals surface area contributed by atoms with Gasteiger partial charge in [-0.2, -0.15) is 0 Å². The number of rotatable bonds is 2. The maximum Gasteiger partial charge on any atom is 0.224 e. The molecule has 1 aliphatic heterocycles. The highest BCUT2D eigenvalue weighted by atomic mass is 35.5. The van der Waals surface area contributed by atoms with E-state index < -0.39 is 0 Å². The van der Waals surface area contributed by atoms with E-state index in [1.54, 1.807) is 11.0 Å². The van der Waals surface area contributed by atoms with E-state index >= 15 is 0 Å². The second-order valence-electron chi connectivity index (χ2n) is 3.82. The summed E-state index contributed by atoms with van der Waals surface area (Å²) in [6.45, 7) is 1.49. The molecule has 1 atom stereocenters. The van der Waals surface area contributed by atoms with Crippen LogP contribution in [0.3, 0.4) is 0 Å². The fraction of sp³-hybridized carbons (Fsp3) is 0.500. The highest BCUT2D eigenvalue weighted by molar-refractivity contribution is 6.31. The Bertz CT molecular complexity index is 379. The summed E-state index contributed by atoms with van der Waals surface area (Å²) in [5, 5.41) is 0.504. The first kappa shape index (κ1) is 11.6. The Morgan fingerprint density at radius 1 is 1.44 bits per heavy atom. The Morgan fingerprint density at radius 3 is 2.94 bits per heavy atom. The molecule has 6 heteroatoms. The molecule has 0 bridgehead atoms. The van der Waals surface area contributed by atoms with Crippen LogP contribution in [0, 0.1) is 0 Å². The van der Waals surface area contributed by atoms with Gasteiger partial charge in [-0.05, 0) is 30.5 Å². The molecule has 1 fully saturated rings. The topological polar surface area (TPSA) is 46.1 Å². The number of hydrogen-bond donors (Lipinski definition) is 0. The van der Waals surface area contributed by atoms with Crippen LogP contribution in [0.15, 0.2) is 6.07 Å². The van der Waals surface area contributed by atoms with Gasteiger partial charge in [0, 0.05) is 19.0 Å². The SMILES string of the molecule is O=CN1CCCC(c2cc(Cl)nc(Cl)n2)C1. The smallest absolute Gasteiger partial charge is 0.224 e. The summed E-state index contributed by atoms with van der Waals surface area (Å²) in [5.41, 5.74) is 0.816. The highest BCUT2D eigenvalue weighted by Gasteiger charge is 2.22. The molecule has 0 N–H and O–H groups in total. The Labute approximate surface area is 104 Å².